The molecule has 0 spiro atoms. The van der Waals surface area contributed by atoms with Gasteiger partial charge in [0.2, 0.25) is 10.0 Å². The first-order valence-electron chi connectivity index (χ1n) is 8.69. The average Bonchev–Trinajstić information content (AvgIpc) is 2.53. The van der Waals surface area contributed by atoms with E-state index < -0.39 is 16.1 Å². The molecule has 6 nitrogen and oxygen atoms in total. The van der Waals surface area contributed by atoms with Gasteiger partial charge in [0.05, 0.1) is 23.2 Å². The van der Waals surface area contributed by atoms with E-state index in [-0.39, 0.29) is 12.2 Å². The van der Waals surface area contributed by atoms with Crippen LogP contribution in [0.1, 0.15) is 26.3 Å². The van der Waals surface area contributed by atoms with E-state index in [0.29, 0.717) is 37.6 Å². The minimum atomic E-state index is -3.44. The maximum absolute atomic E-state index is 12.7. The summed E-state index contributed by atoms with van der Waals surface area (Å²) >= 11 is 0. The molecule has 1 saturated heterocycles. The normalized spacial score (nSPS) is 19.1. The SMILES string of the molecule is Cc1ccc(S(=O)(=O)N2CCN(C[C@@H](O)COC(C)(C)C)CC2)cc1. The van der Waals surface area contributed by atoms with Crippen molar-refractivity contribution in [3.05, 3.63) is 29.8 Å². The second kappa shape index (κ2) is 8.14. The molecule has 7 heteroatoms. The topological polar surface area (TPSA) is 70.1 Å². The number of β-amino-alcohol motifs (C(OH)–C–C–N with tert-alkyl or cyclic N) is 1. The van der Waals surface area contributed by atoms with Crippen LogP contribution < -0.4 is 0 Å². The van der Waals surface area contributed by atoms with E-state index >= 15 is 0 Å². The van der Waals surface area contributed by atoms with Crippen molar-refractivity contribution in [3.63, 3.8) is 0 Å². The highest BCUT2D eigenvalue weighted by molar-refractivity contribution is 7.89. The number of aliphatic hydroxyl groups is 1. The number of hydrogen-bond donors (Lipinski definition) is 1. The zero-order valence-corrected chi connectivity index (χ0v) is 16.4. The zero-order chi connectivity index (χ0) is 18.7. The van der Waals surface area contributed by atoms with Gasteiger partial charge in [-0.2, -0.15) is 4.31 Å². The maximum Gasteiger partial charge on any atom is 0.243 e. The van der Waals surface area contributed by atoms with Gasteiger partial charge in [-0.1, -0.05) is 17.7 Å². The summed E-state index contributed by atoms with van der Waals surface area (Å²) in [6.45, 7) is 10.7. The van der Waals surface area contributed by atoms with Crippen molar-refractivity contribution in [2.24, 2.45) is 0 Å². The summed E-state index contributed by atoms with van der Waals surface area (Å²) in [7, 11) is -3.44. The van der Waals surface area contributed by atoms with Gasteiger partial charge >= 0.3 is 0 Å². The third kappa shape index (κ3) is 6.04. The number of piperazine rings is 1. The molecule has 1 N–H and O–H groups in total. The molecule has 0 bridgehead atoms. The Bertz CT molecular complexity index is 645. The first-order valence-corrected chi connectivity index (χ1v) is 10.1. The zero-order valence-electron chi connectivity index (χ0n) is 15.6. The van der Waals surface area contributed by atoms with Crippen LogP contribution in [0.2, 0.25) is 0 Å². The monoisotopic (exact) mass is 370 g/mol. The first kappa shape index (κ1) is 20.3. The molecule has 2 rings (SSSR count). The lowest BCUT2D eigenvalue weighted by Crippen LogP contribution is -2.50. The third-order valence-electron chi connectivity index (χ3n) is 4.17. The molecule has 0 radical (unpaired) electrons. The summed E-state index contributed by atoms with van der Waals surface area (Å²) < 4.78 is 32.5. The molecule has 1 aromatic carbocycles. The lowest BCUT2D eigenvalue weighted by molar-refractivity contribution is -0.0575. The number of aryl methyl sites for hydroxylation is 1. The predicted octanol–water partition coefficient (Wildman–Crippen LogP) is 1.48. The Balaban J connectivity index is 1.85. The summed E-state index contributed by atoms with van der Waals surface area (Å²) in [6.07, 6.45) is -0.570. The minimum Gasteiger partial charge on any atom is -0.389 e. The van der Waals surface area contributed by atoms with E-state index in [4.69, 9.17) is 4.74 Å². The van der Waals surface area contributed by atoms with Gasteiger partial charge in [-0.25, -0.2) is 8.42 Å². The Morgan fingerprint density at radius 3 is 2.20 bits per heavy atom. The van der Waals surface area contributed by atoms with Crippen LogP contribution in [0.5, 0.6) is 0 Å². The molecule has 25 heavy (non-hydrogen) atoms. The molecule has 1 atom stereocenters. The van der Waals surface area contributed by atoms with Crippen LogP contribution in [-0.4, -0.2) is 73.8 Å². The van der Waals surface area contributed by atoms with Gasteiger partial charge in [-0.15, -0.1) is 0 Å². The van der Waals surface area contributed by atoms with E-state index in [9.17, 15) is 13.5 Å². The van der Waals surface area contributed by atoms with Gasteiger partial charge in [0.15, 0.2) is 0 Å². The molecule has 0 unspecified atom stereocenters. The van der Waals surface area contributed by atoms with Crippen LogP contribution in [0.25, 0.3) is 0 Å². The van der Waals surface area contributed by atoms with Crippen LogP contribution in [0, 0.1) is 6.92 Å². The summed E-state index contributed by atoms with van der Waals surface area (Å²) in [5.74, 6) is 0. The van der Waals surface area contributed by atoms with Gasteiger partial charge in [-0.05, 0) is 39.8 Å². The molecule has 1 aromatic rings. The highest BCUT2D eigenvalue weighted by Gasteiger charge is 2.29. The van der Waals surface area contributed by atoms with E-state index in [2.05, 4.69) is 4.90 Å². The minimum absolute atomic E-state index is 0.276. The number of aliphatic hydroxyl groups excluding tert-OH is 1. The summed E-state index contributed by atoms with van der Waals surface area (Å²) in [4.78, 5) is 2.42. The van der Waals surface area contributed by atoms with Crippen molar-refractivity contribution in [3.8, 4) is 0 Å². The molecular weight excluding hydrogens is 340 g/mol. The fourth-order valence-corrected chi connectivity index (χ4v) is 4.13. The molecule has 0 aliphatic carbocycles. The highest BCUT2D eigenvalue weighted by atomic mass is 32.2. The Kier molecular flexibility index (Phi) is 6.62. The van der Waals surface area contributed by atoms with E-state index in [1.54, 1.807) is 12.1 Å². The Morgan fingerprint density at radius 2 is 1.68 bits per heavy atom. The summed E-state index contributed by atoms with van der Waals surface area (Å²) in [6, 6.07) is 6.94. The van der Waals surface area contributed by atoms with Crippen LogP contribution in [-0.2, 0) is 14.8 Å². The predicted molar refractivity (Wildman–Crippen MR) is 98.1 cm³/mol. The second-order valence-corrected chi connectivity index (χ2v) is 9.53. The van der Waals surface area contributed by atoms with Gasteiger partial charge in [0.25, 0.3) is 0 Å². The maximum atomic E-state index is 12.7. The summed E-state index contributed by atoms with van der Waals surface area (Å²) in [5.41, 5.74) is 0.761. The molecule has 0 saturated carbocycles. The number of sulfonamides is 1. The summed E-state index contributed by atoms with van der Waals surface area (Å²) in [5, 5.41) is 10.1. The Labute approximate surface area is 151 Å². The van der Waals surface area contributed by atoms with Crippen molar-refractivity contribution >= 4 is 10.0 Å². The first-order chi connectivity index (χ1) is 11.6. The number of ether oxygens (including phenoxy) is 1. The molecule has 142 valence electrons. The van der Waals surface area contributed by atoms with Gasteiger partial charge in [0, 0.05) is 32.7 Å². The molecule has 1 aliphatic rings. The van der Waals surface area contributed by atoms with Gasteiger partial charge in [0.1, 0.15) is 0 Å². The Hall–Kier alpha value is -0.990. The number of rotatable bonds is 6. The number of hydrogen-bond acceptors (Lipinski definition) is 5. The van der Waals surface area contributed by atoms with E-state index in [1.807, 2.05) is 39.8 Å². The smallest absolute Gasteiger partial charge is 0.243 e. The number of nitrogens with zero attached hydrogens (tertiary/aromatic N) is 2. The quantitative estimate of drug-likeness (QED) is 0.821. The molecule has 0 aromatic heterocycles. The van der Waals surface area contributed by atoms with Crippen LogP contribution in [0.15, 0.2) is 29.2 Å². The van der Waals surface area contributed by atoms with Crippen LogP contribution in [0.3, 0.4) is 0 Å². The molecule has 1 aliphatic heterocycles. The average molecular weight is 371 g/mol. The van der Waals surface area contributed by atoms with Crippen molar-refractivity contribution < 1.29 is 18.3 Å². The van der Waals surface area contributed by atoms with Crippen molar-refractivity contribution in [1.29, 1.82) is 0 Å². The molecule has 1 fully saturated rings. The second-order valence-electron chi connectivity index (χ2n) is 7.59. The van der Waals surface area contributed by atoms with E-state index in [1.165, 1.54) is 4.31 Å². The van der Waals surface area contributed by atoms with E-state index in [0.717, 1.165) is 5.56 Å². The van der Waals surface area contributed by atoms with Crippen molar-refractivity contribution in [2.75, 3.05) is 39.3 Å². The van der Waals surface area contributed by atoms with Crippen LogP contribution in [0.4, 0.5) is 0 Å². The van der Waals surface area contributed by atoms with Crippen LogP contribution >= 0.6 is 0 Å². The fraction of sp³-hybridized carbons (Fsp3) is 0.667. The largest absolute Gasteiger partial charge is 0.389 e. The van der Waals surface area contributed by atoms with Gasteiger partial charge < -0.3 is 9.84 Å². The lowest BCUT2D eigenvalue weighted by Gasteiger charge is -2.35. The van der Waals surface area contributed by atoms with Crippen molar-refractivity contribution in [1.82, 2.24) is 9.21 Å². The third-order valence-corrected chi connectivity index (χ3v) is 6.08. The molecular formula is C18H30N2O4S. The Morgan fingerprint density at radius 1 is 1.12 bits per heavy atom. The molecule has 1 heterocycles. The van der Waals surface area contributed by atoms with Crippen molar-refractivity contribution in [2.45, 2.75) is 44.3 Å². The molecule has 0 amide bonds. The fourth-order valence-electron chi connectivity index (χ4n) is 2.71. The highest BCUT2D eigenvalue weighted by Crippen LogP contribution is 2.18. The lowest BCUT2D eigenvalue weighted by atomic mass is 10.2. The van der Waals surface area contributed by atoms with Gasteiger partial charge in [-0.3, -0.25) is 4.90 Å². The standard InChI is InChI=1S/C18H30N2O4S/c1-15-5-7-17(8-6-15)25(22,23)20-11-9-19(10-12-20)13-16(21)14-24-18(2,3)4/h5-8,16,21H,9-14H2,1-4H3/t16-/m1/s1. The number of benzene rings is 1.